The first-order valence-electron chi connectivity index (χ1n) is 7.74. The Bertz CT molecular complexity index is 680. The predicted octanol–water partition coefficient (Wildman–Crippen LogP) is 3.13. The van der Waals surface area contributed by atoms with Crippen LogP contribution in [0.25, 0.3) is 0 Å². The summed E-state index contributed by atoms with van der Waals surface area (Å²) in [4.78, 5) is 19.7. The number of aromatic nitrogens is 1. The van der Waals surface area contributed by atoms with Crippen molar-refractivity contribution >= 4 is 17.2 Å². The number of hydrogen-bond acceptors (Lipinski definition) is 4. The number of pyridine rings is 1. The molecule has 2 aliphatic rings. The molecule has 1 saturated carbocycles. The molecule has 0 saturated heterocycles. The number of carbonyl (C=O) groups excluding carboxylic acids is 1. The van der Waals surface area contributed by atoms with Gasteiger partial charge in [0, 0.05) is 25.6 Å². The SMILES string of the molecule is O=C(c1cccs1)N1CCc2nc(OCC3CC3)ccc2C1. The molecule has 5 heteroatoms. The fourth-order valence-electron chi connectivity index (χ4n) is 2.69. The Hall–Kier alpha value is -1.88. The van der Waals surface area contributed by atoms with Gasteiger partial charge in [-0.25, -0.2) is 4.98 Å². The lowest BCUT2D eigenvalue weighted by atomic mass is 10.1. The molecule has 4 rings (SSSR count). The van der Waals surface area contributed by atoms with E-state index in [1.165, 1.54) is 24.2 Å². The van der Waals surface area contributed by atoms with E-state index in [0.29, 0.717) is 6.54 Å². The van der Waals surface area contributed by atoms with Crippen molar-refractivity contribution in [2.24, 2.45) is 5.92 Å². The molecule has 0 aromatic carbocycles. The van der Waals surface area contributed by atoms with E-state index in [9.17, 15) is 4.79 Å². The van der Waals surface area contributed by atoms with Gasteiger partial charge in [0.15, 0.2) is 0 Å². The van der Waals surface area contributed by atoms with Gasteiger partial charge in [-0.3, -0.25) is 4.79 Å². The molecule has 0 spiro atoms. The first kappa shape index (κ1) is 13.8. The molecular formula is C17H18N2O2S. The maximum atomic E-state index is 12.4. The number of ether oxygens (including phenoxy) is 1. The van der Waals surface area contributed by atoms with Crippen molar-refractivity contribution in [1.29, 1.82) is 0 Å². The van der Waals surface area contributed by atoms with Crippen LogP contribution in [0.1, 0.15) is 33.8 Å². The first-order chi connectivity index (χ1) is 10.8. The normalized spacial score (nSPS) is 17.2. The summed E-state index contributed by atoms with van der Waals surface area (Å²) >= 11 is 1.50. The van der Waals surface area contributed by atoms with Gasteiger partial charge in [0.05, 0.1) is 17.2 Å². The molecule has 0 atom stereocenters. The van der Waals surface area contributed by atoms with Crippen LogP contribution in [0.4, 0.5) is 0 Å². The van der Waals surface area contributed by atoms with E-state index in [0.717, 1.165) is 47.5 Å². The Morgan fingerprint density at radius 3 is 3.05 bits per heavy atom. The highest BCUT2D eigenvalue weighted by Crippen LogP contribution is 2.29. The van der Waals surface area contributed by atoms with E-state index >= 15 is 0 Å². The monoisotopic (exact) mass is 314 g/mol. The van der Waals surface area contributed by atoms with Gasteiger partial charge in [-0.1, -0.05) is 12.1 Å². The quantitative estimate of drug-likeness (QED) is 0.871. The maximum absolute atomic E-state index is 12.4. The standard InChI is InChI=1S/C17H18N2O2S/c20-17(15-2-1-9-22-15)19-8-7-14-13(10-19)5-6-16(18-14)21-11-12-3-4-12/h1-2,5-6,9,12H,3-4,7-8,10-11H2. The van der Waals surface area contributed by atoms with Crippen molar-refractivity contribution in [3.05, 3.63) is 45.8 Å². The van der Waals surface area contributed by atoms with Crippen LogP contribution in [0.5, 0.6) is 5.88 Å². The minimum absolute atomic E-state index is 0.120. The molecule has 0 unspecified atom stereocenters. The minimum Gasteiger partial charge on any atom is -0.477 e. The van der Waals surface area contributed by atoms with Crippen LogP contribution in [-0.2, 0) is 13.0 Å². The average molecular weight is 314 g/mol. The van der Waals surface area contributed by atoms with E-state index < -0.39 is 0 Å². The molecule has 1 aliphatic heterocycles. The Kier molecular flexibility index (Phi) is 3.58. The van der Waals surface area contributed by atoms with Crippen LogP contribution >= 0.6 is 11.3 Å². The number of amides is 1. The molecular weight excluding hydrogens is 296 g/mol. The Morgan fingerprint density at radius 2 is 2.27 bits per heavy atom. The summed E-state index contributed by atoms with van der Waals surface area (Å²) in [5.41, 5.74) is 2.21. The highest BCUT2D eigenvalue weighted by atomic mass is 32.1. The zero-order valence-corrected chi connectivity index (χ0v) is 13.1. The molecule has 4 nitrogen and oxygen atoms in total. The third kappa shape index (κ3) is 2.86. The lowest BCUT2D eigenvalue weighted by Crippen LogP contribution is -2.36. The number of fused-ring (bicyclic) bond motifs is 1. The van der Waals surface area contributed by atoms with Gasteiger partial charge in [-0.05, 0) is 35.8 Å². The number of hydrogen-bond donors (Lipinski definition) is 0. The highest BCUT2D eigenvalue weighted by Gasteiger charge is 2.25. The van der Waals surface area contributed by atoms with Gasteiger partial charge in [-0.15, -0.1) is 11.3 Å². The van der Waals surface area contributed by atoms with Crippen LogP contribution in [0.3, 0.4) is 0 Å². The van der Waals surface area contributed by atoms with Crippen molar-refractivity contribution in [3.63, 3.8) is 0 Å². The van der Waals surface area contributed by atoms with Crippen LogP contribution < -0.4 is 4.74 Å². The zero-order chi connectivity index (χ0) is 14.9. The summed E-state index contributed by atoms with van der Waals surface area (Å²) in [6.07, 6.45) is 3.36. The van der Waals surface area contributed by atoms with Crippen molar-refractivity contribution in [2.75, 3.05) is 13.2 Å². The molecule has 2 aromatic heterocycles. The average Bonchev–Trinajstić information content (AvgIpc) is 3.23. The third-order valence-electron chi connectivity index (χ3n) is 4.21. The zero-order valence-electron chi connectivity index (χ0n) is 12.3. The maximum Gasteiger partial charge on any atom is 0.264 e. The van der Waals surface area contributed by atoms with E-state index in [2.05, 4.69) is 11.1 Å². The summed E-state index contributed by atoms with van der Waals surface area (Å²) in [6.45, 7) is 2.15. The molecule has 2 aromatic rings. The molecule has 1 aliphatic carbocycles. The Balaban J connectivity index is 1.45. The smallest absolute Gasteiger partial charge is 0.264 e. The first-order valence-corrected chi connectivity index (χ1v) is 8.62. The summed E-state index contributed by atoms with van der Waals surface area (Å²) in [7, 11) is 0. The number of rotatable bonds is 4. The summed E-state index contributed by atoms with van der Waals surface area (Å²) in [5, 5.41) is 1.94. The fraction of sp³-hybridized carbons (Fsp3) is 0.412. The number of nitrogens with zero attached hydrogens (tertiary/aromatic N) is 2. The highest BCUT2D eigenvalue weighted by molar-refractivity contribution is 7.12. The van der Waals surface area contributed by atoms with Gasteiger partial charge in [-0.2, -0.15) is 0 Å². The topological polar surface area (TPSA) is 42.4 Å². The second kappa shape index (κ2) is 5.72. The Morgan fingerprint density at radius 1 is 1.36 bits per heavy atom. The number of carbonyl (C=O) groups is 1. The van der Waals surface area contributed by atoms with Gasteiger partial charge in [0.25, 0.3) is 5.91 Å². The lowest BCUT2D eigenvalue weighted by Gasteiger charge is -2.28. The number of thiophene rings is 1. The van der Waals surface area contributed by atoms with E-state index in [1.807, 2.05) is 28.5 Å². The third-order valence-corrected chi connectivity index (χ3v) is 5.06. The molecule has 114 valence electrons. The largest absolute Gasteiger partial charge is 0.477 e. The van der Waals surface area contributed by atoms with E-state index in [4.69, 9.17) is 4.74 Å². The van der Waals surface area contributed by atoms with E-state index in [-0.39, 0.29) is 5.91 Å². The van der Waals surface area contributed by atoms with Crippen molar-refractivity contribution in [2.45, 2.75) is 25.8 Å². The molecule has 3 heterocycles. The van der Waals surface area contributed by atoms with Gasteiger partial charge in [0.2, 0.25) is 5.88 Å². The molecule has 0 radical (unpaired) electrons. The van der Waals surface area contributed by atoms with Crippen LogP contribution in [0, 0.1) is 5.92 Å². The fourth-order valence-corrected chi connectivity index (χ4v) is 3.38. The van der Waals surface area contributed by atoms with Crippen LogP contribution in [0.15, 0.2) is 29.6 Å². The van der Waals surface area contributed by atoms with Crippen LogP contribution in [-0.4, -0.2) is 28.9 Å². The summed E-state index contributed by atoms with van der Waals surface area (Å²) in [6, 6.07) is 7.79. The summed E-state index contributed by atoms with van der Waals surface area (Å²) < 4.78 is 5.74. The molecule has 1 amide bonds. The second-order valence-corrected chi connectivity index (χ2v) is 6.91. The minimum atomic E-state index is 0.120. The van der Waals surface area contributed by atoms with Crippen molar-refractivity contribution in [1.82, 2.24) is 9.88 Å². The van der Waals surface area contributed by atoms with Gasteiger partial charge in [0.1, 0.15) is 0 Å². The van der Waals surface area contributed by atoms with Crippen LogP contribution in [0.2, 0.25) is 0 Å². The second-order valence-electron chi connectivity index (χ2n) is 5.96. The van der Waals surface area contributed by atoms with Gasteiger partial charge >= 0.3 is 0 Å². The molecule has 22 heavy (non-hydrogen) atoms. The predicted molar refractivity (Wildman–Crippen MR) is 85.2 cm³/mol. The summed E-state index contributed by atoms with van der Waals surface area (Å²) in [5.74, 6) is 1.58. The molecule has 1 fully saturated rings. The van der Waals surface area contributed by atoms with Crippen molar-refractivity contribution in [3.8, 4) is 5.88 Å². The lowest BCUT2D eigenvalue weighted by molar-refractivity contribution is 0.0738. The Labute approximate surface area is 133 Å². The molecule has 0 bridgehead atoms. The van der Waals surface area contributed by atoms with E-state index in [1.54, 1.807) is 0 Å². The van der Waals surface area contributed by atoms with Gasteiger partial charge < -0.3 is 9.64 Å². The van der Waals surface area contributed by atoms with Crippen molar-refractivity contribution < 1.29 is 9.53 Å². The molecule has 0 N–H and O–H groups in total.